The van der Waals surface area contributed by atoms with Crippen LogP contribution in [0.25, 0.3) is 0 Å². The summed E-state index contributed by atoms with van der Waals surface area (Å²) in [5, 5.41) is 20.9. The highest BCUT2D eigenvalue weighted by Gasteiger charge is 2.62. The normalized spacial score (nSPS) is 43.2. The molecule has 3 aliphatic rings. The molecule has 0 spiro atoms. The Balaban J connectivity index is 1.71. The Morgan fingerprint density at radius 2 is 1.96 bits per heavy atom. The second kappa shape index (κ2) is 6.68. The largest absolute Gasteiger partial charge is 0.393 e. The van der Waals surface area contributed by atoms with Crippen LogP contribution < -0.4 is 0 Å². The van der Waals surface area contributed by atoms with Gasteiger partial charge in [-0.05, 0) is 43.9 Å². The summed E-state index contributed by atoms with van der Waals surface area (Å²) in [5.74, 6) is 1.13. The fourth-order valence-electron chi connectivity index (χ4n) is 5.52. The van der Waals surface area contributed by atoms with Gasteiger partial charge in [-0.1, -0.05) is 45.3 Å². The summed E-state index contributed by atoms with van der Waals surface area (Å²) in [6.45, 7) is 4.15. The number of Topliss-reactive ketones (excluding diaryl/α,β-unsaturated/α-hetero) is 1. The van der Waals surface area contributed by atoms with E-state index in [2.05, 4.69) is 13.8 Å². The molecule has 0 amide bonds. The fourth-order valence-corrected chi connectivity index (χ4v) is 5.52. The van der Waals surface area contributed by atoms with Gasteiger partial charge in [-0.15, -0.1) is 0 Å². The lowest BCUT2D eigenvalue weighted by molar-refractivity contribution is -0.172. The maximum Gasteiger partial charge on any atom is 0.142 e. The van der Waals surface area contributed by atoms with Gasteiger partial charge in [-0.3, -0.25) is 4.79 Å². The van der Waals surface area contributed by atoms with Crippen LogP contribution in [0, 0.1) is 29.1 Å². The SMILES string of the molecule is CCC1C(=O)[C@]2(C)CC[C@H](O)[C@@H](/C=C/[C@@H](O)C3CCCCC3)[C@H]12. The summed E-state index contributed by atoms with van der Waals surface area (Å²) < 4.78 is 0. The maximum absolute atomic E-state index is 12.4. The number of carbonyl (C=O) groups excluding carboxylic acids is 1. The Kier molecular flexibility index (Phi) is 4.98. The van der Waals surface area contributed by atoms with Crippen LogP contribution in [0.3, 0.4) is 0 Å². The first-order valence-corrected chi connectivity index (χ1v) is 9.57. The molecule has 0 aromatic heterocycles. The molecule has 0 aromatic carbocycles. The Labute approximate surface area is 140 Å². The van der Waals surface area contributed by atoms with Crippen molar-refractivity contribution in [2.45, 2.75) is 77.4 Å². The van der Waals surface area contributed by atoms with Crippen molar-refractivity contribution in [2.24, 2.45) is 29.1 Å². The minimum absolute atomic E-state index is 0.0228. The molecular weight excluding hydrogens is 288 g/mol. The number of carbonyl (C=O) groups is 1. The quantitative estimate of drug-likeness (QED) is 0.780. The Morgan fingerprint density at radius 3 is 2.61 bits per heavy atom. The van der Waals surface area contributed by atoms with Gasteiger partial charge in [0.05, 0.1) is 12.2 Å². The lowest BCUT2D eigenvalue weighted by Crippen LogP contribution is -2.62. The van der Waals surface area contributed by atoms with Crippen LogP contribution in [-0.4, -0.2) is 28.2 Å². The van der Waals surface area contributed by atoms with Crippen molar-refractivity contribution in [1.82, 2.24) is 0 Å². The molecule has 3 saturated carbocycles. The molecule has 2 N–H and O–H groups in total. The molecule has 6 atom stereocenters. The summed E-state index contributed by atoms with van der Waals surface area (Å²) in [7, 11) is 0. The summed E-state index contributed by atoms with van der Waals surface area (Å²) in [6, 6.07) is 0. The van der Waals surface area contributed by atoms with Crippen LogP contribution in [0.15, 0.2) is 12.2 Å². The zero-order valence-corrected chi connectivity index (χ0v) is 14.6. The predicted octanol–water partition coefficient (Wildman–Crippen LogP) is 3.49. The van der Waals surface area contributed by atoms with E-state index in [1.54, 1.807) is 0 Å². The van der Waals surface area contributed by atoms with Gasteiger partial charge in [0.2, 0.25) is 0 Å². The van der Waals surface area contributed by atoms with Gasteiger partial charge in [0.1, 0.15) is 5.78 Å². The minimum Gasteiger partial charge on any atom is -0.393 e. The van der Waals surface area contributed by atoms with Crippen LogP contribution in [0.2, 0.25) is 0 Å². The van der Waals surface area contributed by atoms with E-state index in [4.69, 9.17) is 0 Å². The second-order valence-electron chi connectivity index (χ2n) is 8.28. The molecule has 23 heavy (non-hydrogen) atoms. The molecule has 0 aliphatic heterocycles. The highest BCUT2D eigenvalue weighted by Crippen LogP contribution is 2.59. The first kappa shape index (κ1) is 17.2. The van der Waals surface area contributed by atoms with E-state index in [-0.39, 0.29) is 29.3 Å². The van der Waals surface area contributed by atoms with Crippen molar-refractivity contribution in [3.8, 4) is 0 Å². The second-order valence-corrected chi connectivity index (χ2v) is 8.28. The molecule has 3 rings (SSSR count). The number of aliphatic hydroxyl groups is 2. The molecule has 3 fully saturated rings. The summed E-state index contributed by atoms with van der Waals surface area (Å²) in [6.07, 6.45) is 11.5. The fraction of sp³-hybridized carbons (Fsp3) is 0.850. The van der Waals surface area contributed by atoms with Crippen LogP contribution in [-0.2, 0) is 4.79 Å². The van der Waals surface area contributed by atoms with Crippen molar-refractivity contribution in [2.75, 3.05) is 0 Å². The van der Waals surface area contributed by atoms with Gasteiger partial charge in [-0.2, -0.15) is 0 Å². The highest BCUT2D eigenvalue weighted by atomic mass is 16.3. The van der Waals surface area contributed by atoms with Crippen molar-refractivity contribution in [1.29, 1.82) is 0 Å². The lowest BCUT2D eigenvalue weighted by atomic mass is 9.44. The summed E-state index contributed by atoms with van der Waals surface area (Å²) in [5.41, 5.74) is -0.245. The van der Waals surface area contributed by atoms with Crippen molar-refractivity contribution >= 4 is 5.78 Å². The van der Waals surface area contributed by atoms with Crippen LogP contribution in [0.1, 0.15) is 65.2 Å². The molecule has 0 radical (unpaired) electrons. The van der Waals surface area contributed by atoms with Gasteiger partial charge < -0.3 is 10.2 Å². The highest BCUT2D eigenvalue weighted by molar-refractivity contribution is 5.94. The first-order valence-electron chi connectivity index (χ1n) is 9.57. The van der Waals surface area contributed by atoms with Gasteiger partial charge in [0.15, 0.2) is 0 Å². The maximum atomic E-state index is 12.4. The number of hydrogen-bond donors (Lipinski definition) is 2. The molecular formula is C20H32O3. The van der Waals surface area contributed by atoms with Crippen LogP contribution in [0.5, 0.6) is 0 Å². The van der Waals surface area contributed by atoms with E-state index in [1.807, 2.05) is 12.2 Å². The minimum atomic E-state index is -0.397. The summed E-state index contributed by atoms with van der Waals surface area (Å²) >= 11 is 0. The molecule has 0 aromatic rings. The van der Waals surface area contributed by atoms with Crippen molar-refractivity contribution in [3.63, 3.8) is 0 Å². The zero-order chi connectivity index (χ0) is 16.6. The molecule has 3 nitrogen and oxygen atoms in total. The third-order valence-corrected chi connectivity index (χ3v) is 6.99. The Bertz CT molecular complexity index is 466. The van der Waals surface area contributed by atoms with Gasteiger partial charge >= 0.3 is 0 Å². The monoisotopic (exact) mass is 320 g/mol. The van der Waals surface area contributed by atoms with E-state index in [9.17, 15) is 15.0 Å². The first-order chi connectivity index (χ1) is 11.0. The third kappa shape index (κ3) is 2.91. The average molecular weight is 320 g/mol. The van der Waals surface area contributed by atoms with E-state index in [1.165, 1.54) is 19.3 Å². The number of fused-ring (bicyclic) bond motifs is 1. The zero-order valence-electron chi connectivity index (χ0n) is 14.6. The topological polar surface area (TPSA) is 57.5 Å². The summed E-state index contributed by atoms with van der Waals surface area (Å²) in [4.78, 5) is 12.4. The molecule has 130 valence electrons. The van der Waals surface area contributed by atoms with E-state index in [0.717, 1.165) is 25.7 Å². The number of hydrogen-bond acceptors (Lipinski definition) is 3. The molecule has 0 saturated heterocycles. The predicted molar refractivity (Wildman–Crippen MR) is 90.8 cm³/mol. The van der Waals surface area contributed by atoms with E-state index in [0.29, 0.717) is 18.1 Å². The Hall–Kier alpha value is -0.670. The van der Waals surface area contributed by atoms with Crippen molar-refractivity contribution in [3.05, 3.63) is 12.2 Å². The molecule has 3 aliphatic carbocycles. The van der Waals surface area contributed by atoms with Gasteiger partial charge in [-0.25, -0.2) is 0 Å². The molecule has 1 unspecified atom stereocenters. The molecule has 3 heteroatoms. The average Bonchev–Trinajstić information content (AvgIpc) is 2.58. The standard InChI is InChI=1S/C20H32O3/c1-3-14-18-15(17(22)11-12-20(18,2)19(14)23)9-10-16(21)13-7-5-4-6-8-13/h9-10,13-18,21-22H,3-8,11-12H2,1-2H3/b10-9+/t14?,15-,16-,17+,18+,20-/m1/s1. The lowest BCUT2D eigenvalue weighted by Gasteiger charge is -2.58. The van der Waals surface area contributed by atoms with E-state index >= 15 is 0 Å². The number of ketones is 1. The Morgan fingerprint density at radius 1 is 1.26 bits per heavy atom. The van der Waals surface area contributed by atoms with Crippen LogP contribution in [0.4, 0.5) is 0 Å². The molecule has 0 heterocycles. The third-order valence-electron chi connectivity index (χ3n) is 6.99. The van der Waals surface area contributed by atoms with Crippen molar-refractivity contribution < 1.29 is 15.0 Å². The van der Waals surface area contributed by atoms with Gasteiger partial charge in [0, 0.05) is 17.3 Å². The number of rotatable bonds is 4. The van der Waals surface area contributed by atoms with Crippen LogP contribution >= 0.6 is 0 Å². The molecule has 0 bridgehead atoms. The van der Waals surface area contributed by atoms with E-state index < -0.39 is 6.10 Å². The van der Waals surface area contributed by atoms with Gasteiger partial charge in [0.25, 0.3) is 0 Å². The number of aliphatic hydroxyl groups excluding tert-OH is 2. The smallest absolute Gasteiger partial charge is 0.142 e.